The van der Waals surface area contributed by atoms with Crippen molar-refractivity contribution >= 4 is 11.2 Å². The van der Waals surface area contributed by atoms with Crippen LogP contribution in [0.1, 0.15) is 79.1 Å². The maximum atomic E-state index is 13.1. The summed E-state index contributed by atoms with van der Waals surface area (Å²) in [7, 11) is 0. The topological polar surface area (TPSA) is 91.5 Å². The number of hydrogen-bond acceptors (Lipinski definition) is 7. The van der Waals surface area contributed by atoms with Gasteiger partial charge in [0, 0.05) is 29.4 Å². The summed E-state index contributed by atoms with van der Waals surface area (Å²) in [6.07, 6.45) is 4.09. The molecule has 0 unspecified atom stereocenters. The van der Waals surface area contributed by atoms with Gasteiger partial charge >= 0.3 is 6.18 Å². The predicted molar refractivity (Wildman–Crippen MR) is 129 cm³/mol. The van der Waals surface area contributed by atoms with Crippen LogP contribution in [0.3, 0.4) is 0 Å². The molecule has 192 valence electrons. The van der Waals surface area contributed by atoms with E-state index in [1.807, 2.05) is 31.6 Å². The fourth-order valence-electron chi connectivity index (χ4n) is 4.84. The average molecular weight is 510 g/mol. The summed E-state index contributed by atoms with van der Waals surface area (Å²) in [5, 5.41) is 4.51. The van der Waals surface area contributed by atoms with Gasteiger partial charge in [-0.2, -0.15) is 18.3 Å². The number of aromatic nitrogens is 7. The average Bonchev–Trinajstić information content (AvgIpc) is 3.59. The molecule has 1 saturated heterocycles. The molecule has 6 rings (SSSR count). The highest BCUT2D eigenvalue weighted by Crippen LogP contribution is 2.41. The molecule has 0 bridgehead atoms. The Labute approximate surface area is 211 Å². The van der Waals surface area contributed by atoms with Crippen LogP contribution in [0.4, 0.5) is 13.2 Å². The van der Waals surface area contributed by atoms with Crippen LogP contribution in [0.2, 0.25) is 0 Å². The van der Waals surface area contributed by atoms with Crippen molar-refractivity contribution in [2.75, 3.05) is 0 Å². The van der Waals surface area contributed by atoms with E-state index >= 15 is 0 Å². The van der Waals surface area contributed by atoms with Crippen molar-refractivity contribution in [1.82, 2.24) is 34.7 Å². The molecule has 37 heavy (non-hydrogen) atoms. The number of nitrogens with zero attached hydrogens (tertiary/aromatic N) is 7. The van der Waals surface area contributed by atoms with E-state index in [2.05, 4.69) is 26.2 Å². The molecule has 1 saturated carbocycles. The molecule has 0 spiro atoms. The minimum Gasteiger partial charge on any atom is -0.370 e. The Balaban J connectivity index is 1.40. The van der Waals surface area contributed by atoms with Gasteiger partial charge < -0.3 is 4.74 Å². The Hall–Kier alpha value is -3.47. The number of halogens is 3. The zero-order valence-electron chi connectivity index (χ0n) is 20.7. The molecule has 0 aromatic carbocycles. The fourth-order valence-corrected chi connectivity index (χ4v) is 4.84. The smallest absolute Gasteiger partial charge is 0.370 e. The highest BCUT2D eigenvalue weighted by atomic mass is 19.4. The summed E-state index contributed by atoms with van der Waals surface area (Å²) in [6.45, 7) is 5.71. The van der Waals surface area contributed by atoms with E-state index in [1.54, 1.807) is 0 Å². The fraction of sp³-hybridized carbons (Fsp3) is 0.462. The Bertz CT molecular complexity index is 1460. The summed E-state index contributed by atoms with van der Waals surface area (Å²) < 4.78 is 47.6. The normalized spacial score (nSPS) is 22.5. The molecule has 4 aromatic heterocycles. The molecule has 8 nitrogen and oxygen atoms in total. The lowest BCUT2D eigenvalue weighted by atomic mass is 9.89. The van der Waals surface area contributed by atoms with Gasteiger partial charge in [-0.05, 0) is 58.6 Å². The van der Waals surface area contributed by atoms with Gasteiger partial charge in [0.1, 0.15) is 22.7 Å². The largest absolute Gasteiger partial charge is 0.433 e. The van der Waals surface area contributed by atoms with Crippen LogP contribution in [0.25, 0.3) is 22.4 Å². The molecule has 5 heterocycles. The van der Waals surface area contributed by atoms with Crippen LogP contribution in [0.15, 0.2) is 30.7 Å². The molecule has 0 radical (unpaired) electrons. The van der Waals surface area contributed by atoms with Gasteiger partial charge in [-0.3, -0.25) is 9.67 Å². The SMILES string of the molecule is Cc1nc2nc([C@@H]3C[C@@H](C)O[C@H](c4cnn(C5CC5)c4)C3)nc(-c3ccc(C(F)(F)F)nc3)c2nc1C. The van der Waals surface area contributed by atoms with E-state index in [0.717, 1.165) is 30.2 Å². The highest BCUT2D eigenvalue weighted by molar-refractivity contribution is 5.86. The van der Waals surface area contributed by atoms with Gasteiger partial charge in [-0.25, -0.2) is 19.9 Å². The molecule has 2 fully saturated rings. The zero-order chi connectivity index (χ0) is 25.9. The number of pyridine rings is 1. The number of aryl methyl sites for hydroxylation is 2. The predicted octanol–water partition coefficient (Wildman–Crippen LogP) is 5.67. The van der Waals surface area contributed by atoms with E-state index in [9.17, 15) is 13.2 Å². The first-order valence-corrected chi connectivity index (χ1v) is 12.4. The van der Waals surface area contributed by atoms with Crippen molar-refractivity contribution < 1.29 is 17.9 Å². The second-order valence-corrected chi connectivity index (χ2v) is 10.0. The number of hydrogen-bond donors (Lipinski definition) is 0. The number of ether oxygens (including phenoxy) is 1. The Morgan fingerprint density at radius 1 is 0.973 bits per heavy atom. The summed E-state index contributed by atoms with van der Waals surface area (Å²) in [6, 6.07) is 2.82. The van der Waals surface area contributed by atoms with Crippen LogP contribution in [0, 0.1) is 13.8 Å². The van der Waals surface area contributed by atoms with Crippen LogP contribution in [-0.2, 0) is 10.9 Å². The minimum absolute atomic E-state index is 0.0330. The Morgan fingerprint density at radius 3 is 2.46 bits per heavy atom. The molecular formula is C26H26F3N7O. The minimum atomic E-state index is -4.52. The summed E-state index contributed by atoms with van der Waals surface area (Å²) in [5.74, 6) is 0.543. The number of fused-ring (bicyclic) bond motifs is 1. The first kappa shape index (κ1) is 23.9. The van der Waals surface area contributed by atoms with Gasteiger partial charge in [0.05, 0.1) is 35.8 Å². The molecular weight excluding hydrogens is 483 g/mol. The van der Waals surface area contributed by atoms with Crippen LogP contribution >= 0.6 is 0 Å². The van der Waals surface area contributed by atoms with E-state index in [1.165, 1.54) is 12.3 Å². The van der Waals surface area contributed by atoms with Gasteiger partial charge in [0.15, 0.2) is 5.65 Å². The third kappa shape index (κ3) is 4.68. The highest BCUT2D eigenvalue weighted by Gasteiger charge is 2.34. The van der Waals surface area contributed by atoms with Crippen molar-refractivity contribution in [1.29, 1.82) is 0 Å². The van der Waals surface area contributed by atoms with E-state index in [4.69, 9.17) is 14.7 Å². The molecule has 2 aliphatic rings. The number of rotatable bonds is 4. The molecule has 0 N–H and O–H groups in total. The molecule has 11 heteroatoms. The monoisotopic (exact) mass is 509 g/mol. The van der Waals surface area contributed by atoms with Crippen molar-refractivity contribution in [2.45, 2.75) is 76.8 Å². The van der Waals surface area contributed by atoms with Crippen molar-refractivity contribution in [3.63, 3.8) is 0 Å². The van der Waals surface area contributed by atoms with Gasteiger partial charge in [-0.15, -0.1) is 0 Å². The van der Waals surface area contributed by atoms with Crippen LogP contribution in [0.5, 0.6) is 0 Å². The summed E-state index contributed by atoms with van der Waals surface area (Å²) in [4.78, 5) is 22.6. The van der Waals surface area contributed by atoms with Crippen molar-refractivity contribution in [3.8, 4) is 11.3 Å². The Kier molecular flexibility index (Phi) is 5.70. The van der Waals surface area contributed by atoms with E-state index in [-0.39, 0.29) is 18.1 Å². The molecule has 1 aliphatic heterocycles. The van der Waals surface area contributed by atoms with Crippen LogP contribution in [-0.4, -0.2) is 40.8 Å². The van der Waals surface area contributed by atoms with Gasteiger partial charge in [0.25, 0.3) is 0 Å². The summed E-state index contributed by atoms with van der Waals surface area (Å²) >= 11 is 0. The van der Waals surface area contributed by atoms with Gasteiger partial charge in [-0.1, -0.05) is 0 Å². The second kappa shape index (κ2) is 8.83. The maximum Gasteiger partial charge on any atom is 0.433 e. The lowest BCUT2D eigenvalue weighted by Crippen LogP contribution is -2.26. The standard InChI is InChI=1S/C26H26F3N7O/c1-13-8-17(9-20(37-13)18-11-31-36(12-18)19-5-6-19)24-34-22(16-4-7-21(30-10-16)26(27,28)29)23-25(35-24)33-15(3)14(2)32-23/h4,7,10-13,17,19-20H,5-6,8-9H2,1-3H3/t13-,17-,20+/m1/s1. The van der Waals surface area contributed by atoms with Crippen molar-refractivity contribution in [3.05, 3.63) is 59.2 Å². The maximum absolute atomic E-state index is 13.1. The third-order valence-corrected chi connectivity index (χ3v) is 7.08. The first-order valence-electron chi connectivity index (χ1n) is 12.4. The molecule has 3 atom stereocenters. The molecule has 0 amide bonds. The van der Waals surface area contributed by atoms with E-state index < -0.39 is 11.9 Å². The lowest BCUT2D eigenvalue weighted by Gasteiger charge is -2.33. The van der Waals surface area contributed by atoms with Crippen LogP contribution < -0.4 is 0 Å². The lowest BCUT2D eigenvalue weighted by molar-refractivity contribution is -0.141. The second-order valence-electron chi connectivity index (χ2n) is 10.0. The molecule has 4 aromatic rings. The van der Waals surface area contributed by atoms with Gasteiger partial charge in [0.2, 0.25) is 0 Å². The third-order valence-electron chi connectivity index (χ3n) is 7.08. The molecule has 1 aliphatic carbocycles. The summed E-state index contributed by atoms with van der Waals surface area (Å²) in [5.41, 5.74) is 3.23. The zero-order valence-corrected chi connectivity index (χ0v) is 20.7. The Morgan fingerprint density at radius 2 is 1.76 bits per heavy atom. The van der Waals surface area contributed by atoms with Crippen molar-refractivity contribution in [2.24, 2.45) is 0 Å². The van der Waals surface area contributed by atoms with E-state index in [0.29, 0.717) is 52.8 Å². The first-order chi connectivity index (χ1) is 17.7. The number of alkyl halides is 3. The quantitative estimate of drug-likeness (QED) is 0.350.